The summed E-state index contributed by atoms with van der Waals surface area (Å²) in [6, 6.07) is 3.19. The lowest BCUT2D eigenvalue weighted by molar-refractivity contribution is -0.141. The van der Waals surface area contributed by atoms with Gasteiger partial charge in [0.05, 0.1) is 36.4 Å². The van der Waals surface area contributed by atoms with Crippen molar-refractivity contribution in [3.05, 3.63) is 53.9 Å². The van der Waals surface area contributed by atoms with Gasteiger partial charge < -0.3 is 9.64 Å². The number of carbonyl (C=O) groups excluding carboxylic acids is 1. The van der Waals surface area contributed by atoms with E-state index in [0.717, 1.165) is 18.3 Å². The molecule has 0 radical (unpaired) electrons. The third kappa shape index (κ3) is 3.79. The van der Waals surface area contributed by atoms with Gasteiger partial charge in [-0.2, -0.15) is 23.4 Å². The molecule has 1 amide bonds. The summed E-state index contributed by atoms with van der Waals surface area (Å²) in [7, 11) is 0. The highest BCUT2D eigenvalue weighted by molar-refractivity contribution is 5.97. The smallest absolute Gasteiger partial charge is 0.434 e. The molecular formula is C21H20F3N7O2. The zero-order chi connectivity index (χ0) is 23.3. The Hall–Kier alpha value is -3.57. The van der Waals surface area contributed by atoms with Crippen molar-refractivity contribution in [2.45, 2.75) is 51.1 Å². The molecule has 1 saturated carbocycles. The normalized spacial score (nSPS) is 24.3. The monoisotopic (exact) mass is 459 g/mol. The molecule has 0 unspecified atom stereocenters. The van der Waals surface area contributed by atoms with Crippen LogP contribution < -0.4 is 4.74 Å². The SMILES string of the molecule is Cc1ccc(C(=O)N2[C@H](C)[C@H]3C[C@@H](Oc4cnc(C(F)(F)F)cn4)[C@@H]2C3)c(-n2nccn2)n1. The predicted molar refractivity (Wildman–Crippen MR) is 107 cm³/mol. The number of amides is 1. The van der Waals surface area contributed by atoms with Crippen LogP contribution in [0.4, 0.5) is 13.2 Å². The molecule has 172 valence electrons. The van der Waals surface area contributed by atoms with Crippen LogP contribution in [0.5, 0.6) is 5.88 Å². The van der Waals surface area contributed by atoms with Gasteiger partial charge in [-0.15, -0.1) is 4.80 Å². The van der Waals surface area contributed by atoms with Crippen LogP contribution in [-0.4, -0.2) is 58.9 Å². The molecule has 0 N–H and O–H groups in total. The average Bonchev–Trinajstić information content (AvgIpc) is 3.50. The Morgan fingerprint density at radius 1 is 1.12 bits per heavy atom. The second kappa shape index (κ2) is 7.78. The number of pyridine rings is 1. The van der Waals surface area contributed by atoms with Crippen LogP contribution in [0.25, 0.3) is 5.82 Å². The Morgan fingerprint density at radius 3 is 2.52 bits per heavy atom. The fraction of sp³-hybridized carbons (Fsp3) is 0.429. The van der Waals surface area contributed by atoms with Crippen molar-refractivity contribution < 1.29 is 22.7 Å². The number of halogens is 3. The number of fused-ring (bicyclic) bond motifs is 2. The van der Waals surface area contributed by atoms with E-state index in [1.165, 1.54) is 17.2 Å². The van der Waals surface area contributed by atoms with Crippen molar-refractivity contribution in [3.8, 4) is 11.7 Å². The number of ether oxygens (including phenoxy) is 1. The van der Waals surface area contributed by atoms with Gasteiger partial charge in [-0.05, 0) is 44.7 Å². The number of nitrogens with zero attached hydrogens (tertiary/aromatic N) is 7. The highest BCUT2D eigenvalue weighted by Gasteiger charge is 2.53. The summed E-state index contributed by atoms with van der Waals surface area (Å²) in [5.74, 6) is 0.322. The summed E-state index contributed by atoms with van der Waals surface area (Å²) in [6.45, 7) is 3.81. The van der Waals surface area contributed by atoms with Gasteiger partial charge in [0.25, 0.3) is 5.91 Å². The number of aromatic nitrogens is 6. The first kappa shape index (κ1) is 21.3. The van der Waals surface area contributed by atoms with Gasteiger partial charge in [0.1, 0.15) is 6.10 Å². The third-order valence-electron chi connectivity index (χ3n) is 6.26. The quantitative estimate of drug-likeness (QED) is 0.592. The molecule has 2 fully saturated rings. The van der Waals surface area contributed by atoms with Crippen molar-refractivity contribution in [3.63, 3.8) is 0 Å². The van der Waals surface area contributed by atoms with Crippen molar-refractivity contribution >= 4 is 5.91 Å². The van der Waals surface area contributed by atoms with E-state index in [1.807, 2.05) is 13.8 Å². The molecule has 33 heavy (non-hydrogen) atoms. The van der Waals surface area contributed by atoms with E-state index in [1.54, 1.807) is 17.0 Å². The molecule has 3 aromatic heterocycles. The molecule has 9 nitrogen and oxygen atoms in total. The minimum Gasteiger partial charge on any atom is -0.471 e. The lowest BCUT2D eigenvalue weighted by Crippen LogP contribution is -2.51. The average molecular weight is 459 g/mol. The van der Waals surface area contributed by atoms with E-state index in [4.69, 9.17) is 4.74 Å². The molecule has 4 atom stereocenters. The predicted octanol–water partition coefficient (Wildman–Crippen LogP) is 2.85. The summed E-state index contributed by atoms with van der Waals surface area (Å²) in [4.78, 5) is 28.3. The number of carbonyl (C=O) groups is 1. The Balaban J connectivity index is 1.39. The maximum absolute atomic E-state index is 13.6. The Kier molecular flexibility index (Phi) is 5.02. The van der Waals surface area contributed by atoms with Crippen molar-refractivity contribution in [1.82, 2.24) is 34.8 Å². The third-order valence-corrected chi connectivity index (χ3v) is 6.26. The fourth-order valence-corrected chi connectivity index (χ4v) is 4.70. The lowest BCUT2D eigenvalue weighted by atomic mass is 9.98. The largest absolute Gasteiger partial charge is 0.471 e. The first-order valence-corrected chi connectivity index (χ1v) is 10.5. The second-order valence-corrected chi connectivity index (χ2v) is 8.29. The van der Waals surface area contributed by atoms with E-state index in [9.17, 15) is 18.0 Å². The molecule has 12 heteroatoms. The summed E-state index contributed by atoms with van der Waals surface area (Å²) in [5, 5.41) is 8.22. The van der Waals surface area contributed by atoms with Crippen molar-refractivity contribution in [2.24, 2.45) is 5.92 Å². The van der Waals surface area contributed by atoms with E-state index >= 15 is 0 Å². The van der Waals surface area contributed by atoms with Crippen LogP contribution in [-0.2, 0) is 6.18 Å². The molecule has 4 heterocycles. The first-order valence-electron chi connectivity index (χ1n) is 10.5. The summed E-state index contributed by atoms with van der Waals surface area (Å²) < 4.78 is 44.1. The molecular weight excluding hydrogens is 439 g/mol. The standard InChI is InChI=1S/C21H20F3N7O2/c1-11-3-4-14(19(29-11)31-27-5-6-28-31)20(32)30-12(2)13-7-15(30)16(8-13)33-18-10-25-17(9-26-18)21(22,23)24/h3-6,9-10,12-13,15-16H,7-8H2,1-2H3/t12-,13-,15+,16-/m1/s1. The summed E-state index contributed by atoms with van der Waals surface area (Å²) in [5.41, 5.74) is 0.000973. The van der Waals surface area contributed by atoms with Crippen molar-refractivity contribution in [1.29, 1.82) is 0 Å². The van der Waals surface area contributed by atoms with E-state index in [-0.39, 0.29) is 29.8 Å². The molecule has 5 rings (SSSR count). The van der Waals surface area contributed by atoms with Gasteiger partial charge in [-0.3, -0.25) is 4.79 Å². The van der Waals surface area contributed by atoms with Gasteiger partial charge in [-0.1, -0.05) is 0 Å². The highest BCUT2D eigenvalue weighted by Crippen LogP contribution is 2.44. The lowest BCUT2D eigenvalue weighted by Gasteiger charge is -2.37. The molecule has 0 aromatic carbocycles. The summed E-state index contributed by atoms with van der Waals surface area (Å²) in [6.07, 6.45) is 1.08. The van der Waals surface area contributed by atoms with Crippen LogP contribution >= 0.6 is 0 Å². The number of piperidine rings is 1. The summed E-state index contributed by atoms with van der Waals surface area (Å²) >= 11 is 0. The number of likely N-dealkylation sites (tertiary alicyclic amines) is 1. The molecule has 2 bridgehead atoms. The zero-order valence-corrected chi connectivity index (χ0v) is 17.8. The number of rotatable bonds is 4. The molecule has 1 aliphatic carbocycles. The van der Waals surface area contributed by atoms with E-state index < -0.39 is 18.0 Å². The van der Waals surface area contributed by atoms with Gasteiger partial charge in [0, 0.05) is 11.7 Å². The molecule has 0 spiro atoms. The second-order valence-electron chi connectivity index (χ2n) is 8.29. The maximum atomic E-state index is 13.6. The van der Waals surface area contributed by atoms with Gasteiger partial charge in [0.15, 0.2) is 11.5 Å². The van der Waals surface area contributed by atoms with Crippen LogP contribution in [0.3, 0.4) is 0 Å². The van der Waals surface area contributed by atoms with Crippen LogP contribution in [0.2, 0.25) is 0 Å². The number of hydrogen-bond acceptors (Lipinski definition) is 7. The minimum absolute atomic E-state index is 0.000894. The number of aryl methyl sites for hydroxylation is 1. The van der Waals surface area contributed by atoms with Gasteiger partial charge in [0.2, 0.25) is 5.88 Å². The minimum atomic E-state index is -4.57. The molecule has 1 saturated heterocycles. The molecule has 3 aromatic rings. The van der Waals surface area contributed by atoms with E-state index in [2.05, 4.69) is 25.1 Å². The fourth-order valence-electron chi connectivity index (χ4n) is 4.70. The molecule has 2 aliphatic rings. The first-order chi connectivity index (χ1) is 15.7. The zero-order valence-electron chi connectivity index (χ0n) is 17.8. The Morgan fingerprint density at radius 2 is 1.88 bits per heavy atom. The van der Waals surface area contributed by atoms with Crippen LogP contribution in [0.1, 0.15) is 41.5 Å². The van der Waals surface area contributed by atoms with Gasteiger partial charge in [-0.25, -0.2) is 15.0 Å². The van der Waals surface area contributed by atoms with Gasteiger partial charge >= 0.3 is 6.18 Å². The van der Waals surface area contributed by atoms with Crippen LogP contribution in [0.15, 0.2) is 36.9 Å². The number of alkyl halides is 3. The maximum Gasteiger partial charge on any atom is 0.434 e. The van der Waals surface area contributed by atoms with Crippen LogP contribution in [0, 0.1) is 12.8 Å². The Labute approximate surface area is 186 Å². The number of hydrogen-bond donors (Lipinski definition) is 0. The molecule has 1 aliphatic heterocycles. The van der Waals surface area contributed by atoms with E-state index in [0.29, 0.717) is 24.0 Å². The Bertz CT molecular complexity index is 1170. The highest BCUT2D eigenvalue weighted by atomic mass is 19.4. The topological polar surface area (TPSA) is 98.9 Å². The van der Waals surface area contributed by atoms with Crippen molar-refractivity contribution in [2.75, 3.05) is 0 Å².